The normalized spacial score (nSPS) is 10.6. The molecule has 2 aromatic rings. The Bertz CT molecular complexity index is 477. The molecule has 0 saturated heterocycles. The zero-order chi connectivity index (χ0) is 12.8. The van der Waals surface area contributed by atoms with Crippen LogP contribution in [0.2, 0.25) is 0 Å². The van der Waals surface area contributed by atoms with Crippen LogP contribution in [0.1, 0.15) is 32.0 Å². The lowest BCUT2D eigenvalue weighted by Crippen LogP contribution is -1.95. The Balaban J connectivity index is 2.05. The molecular weight excluding hydrogens is 227 g/mol. The molecule has 1 heterocycles. The maximum atomic E-state index is 12.8. The van der Waals surface area contributed by atoms with Gasteiger partial charge < -0.3 is 0 Å². The summed E-state index contributed by atoms with van der Waals surface area (Å²) < 4.78 is 12.8. The highest BCUT2D eigenvalue weighted by atomic mass is 19.1. The highest BCUT2D eigenvalue weighted by molar-refractivity contribution is 5.61. The van der Waals surface area contributed by atoms with E-state index in [0.29, 0.717) is 0 Å². The number of benzene rings is 1. The Kier molecular flexibility index (Phi) is 4.40. The van der Waals surface area contributed by atoms with E-state index in [-0.39, 0.29) is 5.82 Å². The molecular formula is C15H17FN2. The second-order valence-corrected chi connectivity index (χ2v) is 4.35. The summed E-state index contributed by atoms with van der Waals surface area (Å²) in [5.74, 6) is 0.658. The number of hydrogen-bond donors (Lipinski definition) is 0. The van der Waals surface area contributed by atoms with E-state index in [0.717, 1.165) is 29.8 Å². The Morgan fingerprint density at radius 1 is 0.944 bits per heavy atom. The SMILES string of the molecule is CCCCCc1ncc(-c2ccc(F)cc2)cn1. The van der Waals surface area contributed by atoms with Crippen molar-refractivity contribution in [3.05, 3.63) is 48.3 Å². The van der Waals surface area contributed by atoms with Crippen LogP contribution in [0.15, 0.2) is 36.7 Å². The average molecular weight is 244 g/mol. The van der Waals surface area contributed by atoms with E-state index in [4.69, 9.17) is 0 Å². The Morgan fingerprint density at radius 3 is 2.22 bits per heavy atom. The van der Waals surface area contributed by atoms with Gasteiger partial charge in [-0.3, -0.25) is 0 Å². The third-order valence-corrected chi connectivity index (χ3v) is 2.89. The van der Waals surface area contributed by atoms with E-state index in [9.17, 15) is 4.39 Å². The first-order valence-electron chi connectivity index (χ1n) is 6.36. The molecule has 1 aromatic heterocycles. The van der Waals surface area contributed by atoms with Crippen molar-refractivity contribution in [3.63, 3.8) is 0 Å². The average Bonchev–Trinajstić information content (AvgIpc) is 2.41. The van der Waals surface area contributed by atoms with Crippen LogP contribution in [0.4, 0.5) is 4.39 Å². The number of aromatic nitrogens is 2. The Hall–Kier alpha value is -1.77. The molecule has 0 aliphatic heterocycles. The molecule has 0 unspecified atom stereocenters. The van der Waals surface area contributed by atoms with Crippen molar-refractivity contribution in [2.45, 2.75) is 32.6 Å². The molecule has 0 aliphatic carbocycles. The minimum Gasteiger partial charge on any atom is -0.241 e. The fourth-order valence-electron chi connectivity index (χ4n) is 1.81. The lowest BCUT2D eigenvalue weighted by Gasteiger charge is -2.03. The molecule has 0 fully saturated rings. The van der Waals surface area contributed by atoms with Crippen LogP contribution in [0.25, 0.3) is 11.1 Å². The lowest BCUT2D eigenvalue weighted by molar-refractivity contribution is 0.628. The van der Waals surface area contributed by atoms with Gasteiger partial charge in [0.25, 0.3) is 0 Å². The van der Waals surface area contributed by atoms with Gasteiger partial charge in [0.15, 0.2) is 0 Å². The highest BCUT2D eigenvalue weighted by Crippen LogP contribution is 2.17. The molecule has 0 atom stereocenters. The van der Waals surface area contributed by atoms with E-state index in [1.807, 2.05) is 12.4 Å². The Labute approximate surface area is 107 Å². The molecule has 0 spiro atoms. The van der Waals surface area contributed by atoms with E-state index in [1.165, 1.54) is 25.0 Å². The van der Waals surface area contributed by atoms with Crippen molar-refractivity contribution in [1.82, 2.24) is 9.97 Å². The summed E-state index contributed by atoms with van der Waals surface area (Å²) >= 11 is 0. The molecule has 0 radical (unpaired) electrons. The number of halogens is 1. The zero-order valence-corrected chi connectivity index (χ0v) is 10.6. The van der Waals surface area contributed by atoms with Gasteiger partial charge in [0, 0.05) is 24.4 Å². The number of aryl methyl sites for hydroxylation is 1. The van der Waals surface area contributed by atoms with Gasteiger partial charge in [0.05, 0.1) is 0 Å². The summed E-state index contributed by atoms with van der Waals surface area (Å²) in [4.78, 5) is 8.69. The van der Waals surface area contributed by atoms with Crippen LogP contribution in [-0.4, -0.2) is 9.97 Å². The van der Waals surface area contributed by atoms with Gasteiger partial charge in [-0.1, -0.05) is 31.9 Å². The lowest BCUT2D eigenvalue weighted by atomic mass is 10.1. The fraction of sp³-hybridized carbons (Fsp3) is 0.333. The number of unbranched alkanes of at least 4 members (excludes halogenated alkanes) is 2. The second-order valence-electron chi connectivity index (χ2n) is 4.35. The van der Waals surface area contributed by atoms with Crippen LogP contribution >= 0.6 is 0 Å². The molecule has 94 valence electrons. The Morgan fingerprint density at radius 2 is 1.61 bits per heavy atom. The third-order valence-electron chi connectivity index (χ3n) is 2.89. The smallest absolute Gasteiger partial charge is 0.128 e. The summed E-state index contributed by atoms with van der Waals surface area (Å²) in [6, 6.07) is 6.38. The van der Waals surface area contributed by atoms with Crippen LogP contribution in [0.3, 0.4) is 0 Å². The molecule has 2 rings (SSSR count). The summed E-state index contributed by atoms with van der Waals surface area (Å²) in [5.41, 5.74) is 1.87. The molecule has 0 bridgehead atoms. The summed E-state index contributed by atoms with van der Waals surface area (Å²) in [6.45, 7) is 2.18. The van der Waals surface area contributed by atoms with Crippen molar-refractivity contribution in [2.24, 2.45) is 0 Å². The topological polar surface area (TPSA) is 25.8 Å². The number of hydrogen-bond acceptors (Lipinski definition) is 2. The molecule has 0 aliphatic rings. The van der Waals surface area contributed by atoms with Gasteiger partial charge in [-0.15, -0.1) is 0 Å². The molecule has 2 nitrogen and oxygen atoms in total. The van der Waals surface area contributed by atoms with Crippen LogP contribution in [0, 0.1) is 5.82 Å². The van der Waals surface area contributed by atoms with Gasteiger partial charge in [-0.05, 0) is 24.1 Å². The number of rotatable bonds is 5. The van der Waals surface area contributed by atoms with Crippen molar-refractivity contribution >= 4 is 0 Å². The zero-order valence-electron chi connectivity index (χ0n) is 10.6. The quantitative estimate of drug-likeness (QED) is 0.742. The monoisotopic (exact) mass is 244 g/mol. The van der Waals surface area contributed by atoms with Crippen LogP contribution in [-0.2, 0) is 6.42 Å². The van der Waals surface area contributed by atoms with E-state index < -0.39 is 0 Å². The van der Waals surface area contributed by atoms with Gasteiger partial charge in [-0.25, -0.2) is 14.4 Å². The molecule has 1 aromatic carbocycles. The van der Waals surface area contributed by atoms with Crippen molar-refractivity contribution < 1.29 is 4.39 Å². The number of nitrogens with zero attached hydrogens (tertiary/aromatic N) is 2. The standard InChI is InChI=1S/C15H17FN2/c1-2-3-4-5-15-17-10-13(11-18-15)12-6-8-14(16)9-7-12/h6-11H,2-5H2,1H3. The van der Waals surface area contributed by atoms with Gasteiger partial charge >= 0.3 is 0 Å². The van der Waals surface area contributed by atoms with E-state index in [2.05, 4.69) is 16.9 Å². The van der Waals surface area contributed by atoms with Gasteiger partial charge in [0.1, 0.15) is 11.6 Å². The van der Waals surface area contributed by atoms with Crippen LogP contribution < -0.4 is 0 Å². The van der Waals surface area contributed by atoms with Crippen molar-refractivity contribution in [2.75, 3.05) is 0 Å². The largest absolute Gasteiger partial charge is 0.241 e. The highest BCUT2D eigenvalue weighted by Gasteiger charge is 2.01. The summed E-state index contributed by atoms with van der Waals surface area (Å²) in [6.07, 6.45) is 8.09. The molecule has 18 heavy (non-hydrogen) atoms. The molecule has 3 heteroatoms. The van der Waals surface area contributed by atoms with Gasteiger partial charge in [0.2, 0.25) is 0 Å². The second kappa shape index (κ2) is 6.24. The molecule has 0 N–H and O–H groups in total. The molecule has 0 amide bonds. The van der Waals surface area contributed by atoms with Crippen LogP contribution in [0.5, 0.6) is 0 Å². The summed E-state index contributed by atoms with van der Waals surface area (Å²) in [5, 5.41) is 0. The summed E-state index contributed by atoms with van der Waals surface area (Å²) in [7, 11) is 0. The predicted octanol–water partition coefficient (Wildman–Crippen LogP) is 4.02. The maximum absolute atomic E-state index is 12.8. The first kappa shape index (κ1) is 12.7. The van der Waals surface area contributed by atoms with E-state index in [1.54, 1.807) is 12.1 Å². The first-order valence-corrected chi connectivity index (χ1v) is 6.36. The van der Waals surface area contributed by atoms with Gasteiger partial charge in [-0.2, -0.15) is 0 Å². The maximum Gasteiger partial charge on any atom is 0.128 e. The minimum absolute atomic E-state index is 0.226. The van der Waals surface area contributed by atoms with E-state index >= 15 is 0 Å². The fourth-order valence-corrected chi connectivity index (χ4v) is 1.81. The first-order chi connectivity index (χ1) is 8.79. The minimum atomic E-state index is -0.226. The van der Waals surface area contributed by atoms with Crippen molar-refractivity contribution in [1.29, 1.82) is 0 Å². The van der Waals surface area contributed by atoms with Crippen molar-refractivity contribution in [3.8, 4) is 11.1 Å². The molecule has 0 saturated carbocycles. The predicted molar refractivity (Wildman–Crippen MR) is 70.7 cm³/mol. The third kappa shape index (κ3) is 3.36.